The number of hydrogen-bond donors (Lipinski definition) is 4. The Balaban J connectivity index is 1.61. The van der Waals surface area contributed by atoms with Crippen molar-refractivity contribution in [3.63, 3.8) is 0 Å². The lowest BCUT2D eigenvalue weighted by atomic mass is 9.85. The summed E-state index contributed by atoms with van der Waals surface area (Å²) in [5, 5.41) is 5.75. The Morgan fingerprint density at radius 1 is 0.906 bits per heavy atom. The van der Waals surface area contributed by atoms with Crippen LogP contribution in [-0.4, -0.2) is 36.2 Å². The van der Waals surface area contributed by atoms with Gasteiger partial charge in [0.1, 0.15) is 6.04 Å². The fourth-order valence-electron chi connectivity index (χ4n) is 3.95. The fourth-order valence-corrected chi connectivity index (χ4v) is 3.95. The van der Waals surface area contributed by atoms with Crippen LogP contribution in [0, 0.1) is 5.92 Å². The highest BCUT2D eigenvalue weighted by Crippen LogP contribution is 2.23. The highest BCUT2D eigenvalue weighted by atomic mass is 16.2. The van der Waals surface area contributed by atoms with Crippen LogP contribution in [0.25, 0.3) is 0 Å². The maximum atomic E-state index is 12.9. The summed E-state index contributed by atoms with van der Waals surface area (Å²) in [6.07, 6.45) is 4.23. The van der Waals surface area contributed by atoms with Crippen LogP contribution in [0.15, 0.2) is 54.6 Å². The van der Waals surface area contributed by atoms with Crippen molar-refractivity contribution in [3.05, 3.63) is 65.7 Å². The van der Waals surface area contributed by atoms with Crippen LogP contribution in [0.1, 0.15) is 54.4 Å². The van der Waals surface area contributed by atoms with Gasteiger partial charge in [0.05, 0.1) is 0 Å². The van der Waals surface area contributed by atoms with E-state index in [1.54, 1.807) is 36.4 Å². The molecule has 1 saturated carbocycles. The molecule has 3 rings (SSSR count). The second kappa shape index (κ2) is 11.5. The van der Waals surface area contributed by atoms with Crippen molar-refractivity contribution in [2.75, 3.05) is 11.9 Å². The van der Waals surface area contributed by atoms with Gasteiger partial charge in [-0.1, -0.05) is 30.3 Å². The highest BCUT2D eigenvalue weighted by molar-refractivity contribution is 6.09. The molecule has 1 fully saturated rings. The molecule has 7 nitrogen and oxygen atoms in total. The SMILES string of the molecule is NCCC[C@H](NC(=O)C1CCC(N)CC1)C(=O)Nc1ccc(C(=O)c2ccccc2)cc1. The average Bonchev–Trinajstić information content (AvgIpc) is 2.82. The van der Waals surface area contributed by atoms with Crippen molar-refractivity contribution in [2.24, 2.45) is 17.4 Å². The number of carbonyl (C=O) groups is 3. The predicted octanol–water partition coefficient (Wildman–Crippen LogP) is 2.60. The van der Waals surface area contributed by atoms with Gasteiger partial charge in [-0.3, -0.25) is 14.4 Å². The smallest absolute Gasteiger partial charge is 0.246 e. The first-order valence-electron chi connectivity index (χ1n) is 11.2. The Bertz CT molecular complexity index is 907. The van der Waals surface area contributed by atoms with E-state index in [4.69, 9.17) is 11.5 Å². The zero-order valence-electron chi connectivity index (χ0n) is 18.3. The third-order valence-electron chi connectivity index (χ3n) is 5.92. The lowest BCUT2D eigenvalue weighted by Crippen LogP contribution is -2.47. The lowest BCUT2D eigenvalue weighted by molar-refractivity contribution is -0.130. The molecule has 0 radical (unpaired) electrons. The zero-order valence-corrected chi connectivity index (χ0v) is 18.3. The van der Waals surface area contributed by atoms with Crippen molar-refractivity contribution in [3.8, 4) is 0 Å². The Morgan fingerprint density at radius 3 is 2.16 bits per heavy atom. The van der Waals surface area contributed by atoms with Gasteiger partial charge in [0.2, 0.25) is 11.8 Å². The molecule has 0 aromatic heterocycles. The number of nitrogens with two attached hydrogens (primary N) is 2. The van der Waals surface area contributed by atoms with Crippen molar-refractivity contribution in [1.82, 2.24) is 5.32 Å². The fraction of sp³-hybridized carbons (Fsp3) is 0.400. The molecular weight excluding hydrogens is 404 g/mol. The van der Waals surface area contributed by atoms with Gasteiger partial charge >= 0.3 is 0 Å². The first-order chi connectivity index (χ1) is 15.5. The van der Waals surface area contributed by atoms with Crippen LogP contribution in [0.3, 0.4) is 0 Å². The summed E-state index contributed by atoms with van der Waals surface area (Å²) in [6, 6.07) is 15.3. The molecule has 0 spiro atoms. The minimum atomic E-state index is -0.660. The van der Waals surface area contributed by atoms with Gasteiger partial charge in [-0.25, -0.2) is 0 Å². The van der Waals surface area contributed by atoms with Crippen LogP contribution in [-0.2, 0) is 9.59 Å². The first kappa shape index (κ1) is 23.6. The van der Waals surface area contributed by atoms with E-state index in [1.165, 1.54) is 0 Å². The van der Waals surface area contributed by atoms with E-state index < -0.39 is 6.04 Å². The summed E-state index contributed by atoms with van der Waals surface area (Å²) < 4.78 is 0. The van der Waals surface area contributed by atoms with E-state index in [-0.39, 0.29) is 29.6 Å². The normalized spacial score (nSPS) is 19.1. The molecule has 1 aliphatic rings. The molecule has 1 atom stereocenters. The second-order valence-electron chi connectivity index (χ2n) is 8.37. The van der Waals surface area contributed by atoms with Crippen LogP contribution in [0.5, 0.6) is 0 Å². The van der Waals surface area contributed by atoms with Crippen molar-refractivity contribution in [1.29, 1.82) is 0 Å². The molecule has 6 N–H and O–H groups in total. The standard InChI is InChI=1S/C25H32N4O3/c26-16-4-7-22(29-24(31)19-8-12-20(27)13-9-19)25(32)28-21-14-10-18(11-15-21)23(30)17-5-2-1-3-6-17/h1-3,5-6,10-11,14-15,19-20,22H,4,7-9,12-13,16,26-27H2,(H,28,32)(H,29,31)/t19?,20?,22-/m0/s1. The molecule has 2 aromatic carbocycles. The number of hydrogen-bond acceptors (Lipinski definition) is 5. The first-order valence-corrected chi connectivity index (χ1v) is 11.2. The van der Waals surface area contributed by atoms with E-state index in [9.17, 15) is 14.4 Å². The van der Waals surface area contributed by atoms with Crippen molar-refractivity contribution < 1.29 is 14.4 Å². The maximum Gasteiger partial charge on any atom is 0.246 e. The number of amides is 2. The molecule has 32 heavy (non-hydrogen) atoms. The summed E-state index contributed by atoms with van der Waals surface area (Å²) >= 11 is 0. The van der Waals surface area contributed by atoms with Gasteiger partial charge in [0.15, 0.2) is 5.78 Å². The van der Waals surface area contributed by atoms with E-state index in [0.29, 0.717) is 36.2 Å². The summed E-state index contributed by atoms with van der Waals surface area (Å²) in [5.74, 6) is -0.575. The number of rotatable bonds is 9. The van der Waals surface area contributed by atoms with Gasteiger partial charge in [-0.15, -0.1) is 0 Å². The summed E-state index contributed by atoms with van der Waals surface area (Å²) in [5.41, 5.74) is 13.3. The molecule has 2 aromatic rings. The van der Waals surface area contributed by atoms with Gasteiger partial charge in [-0.05, 0) is 69.3 Å². The summed E-state index contributed by atoms with van der Waals surface area (Å²) in [4.78, 5) is 38.1. The van der Waals surface area contributed by atoms with Crippen LogP contribution in [0.2, 0.25) is 0 Å². The van der Waals surface area contributed by atoms with E-state index in [0.717, 1.165) is 25.7 Å². The lowest BCUT2D eigenvalue weighted by Gasteiger charge is -2.27. The Labute approximate surface area is 188 Å². The highest BCUT2D eigenvalue weighted by Gasteiger charge is 2.28. The minimum Gasteiger partial charge on any atom is -0.344 e. The number of anilines is 1. The van der Waals surface area contributed by atoms with E-state index in [1.807, 2.05) is 18.2 Å². The van der Waals surface area contributed by atoms with Crippen LogP contribution < -0.4 is 22.1 Å². The quantitative estimate of drug-likeness (QED) is 0.449. The van der Waals surface area contributed by atoms with Crippen LogP contribution >= 0.6 is 0 Å². The largest absolute Gasteiger partial charge is 0.344 e. The molecule has 0 heterocycles. The molecule has 0 aliphatic heterocycles. The average molecular weight is 437 g/mol. The molecule has 1 aliphatic carbocycles. The van der Waals surface area contributed by atoms with E-state index in [2.05, 4.69) is 10.6 Å². The van der Waals surface area contributed by atoms with E-state index >= 15 is 0 Å². The monoisotopic (exact) mass is 436 g/mol. The Kier molecular flexibility index (Phi) is 8.53. The molecule has 0 saturated heterocycles. The summed E-state index contributed by atoms with van der Waals surface area (Å²) in [6.45, 7) is 0.439. The number of benzene rings is 2. The minimum absolute atomic E-state index is 0.0798. The number of carbonyl (C=O) groups excluding carboxylic acids is 3. The maximum absolute atomic E-state index is 12.9. The third-order valence-corrected chi connectivity index (χ3v) is 5.92. The Morgan fingerprint density at radius 2 is 1.53 bits per heavy atom. The van der Waals surface area contributed by atoms with Gasteiger partial charge < -0.3 is 22.1 Å². The topological polar surface area (TPSA) is 127 Å². The second-order valence-corrected chi connectivity index (χ2v) is 8.37. The zero-order chi connectivity index (χ0) is 22.9. The molecule has 0 bridgehead atoms. The number of nitrogens with one attached hydrogen (secondary N) is 2. The summed E-state index contributed by atoms with van der Waals surface area (Å²) in [7, 11) is 0. The predicted molar refractivity (Wildman–Crippen MR) is 125 cm³/mol. The van der Waals surface area contributed by atoms with Gasteiger partial charge in [0.25, 0.3) is 0 Å². The van der Waals surface area contributed by atoms with Crippen molar-refractivity contribution >= 4 is 23.3 Å². The van der Waals surface area contributed by atoms with Crippen LogP contribution in [0.4, 0.5) is 5.69 Å². The molecule has 170 valence electrons. The Hall–Kier alpha value is -3.03. The molecule has 0 unspecified atom stereocenters. The molecular formula is C25H32N4O3. The van der Waals surface area contributed by atoms with Gasteiger partial charge in [0, 0.05) is 28.8 Å². The number of ketones is 1. The third kappa shape index (κ3) is 6.48. The van der Waals surface area contributed by atoms with Gasteiger partial charge in [-0.2, -0.15) is 0 Å². The molecule has 2 amide bonds. The van der Waals surface area contributed by atoms with Crippen molar-refractivity contribution in [2.45, 2.75) is 50.6 Å². The molecule has 7 heteroatoms.